The Balaban J connectivity index is 2.04. The van der Waals surface area contributed by atoms with Crippen molar-refractivity contribution in [3.8, 4) is 0 Å². The highest BCUT2D eigenvalue weighted by molar-refractivity contribution is 7.16. The van der Waals surface area contributed by atoms with Crippen LogP contribution in [0.1, 0.15) is 36.9 Å². The number of rotatable bonds is 5. The van der Waals surface area contributed by atoms with Crippen molar-refractivity contribution in [3.05, 3.63) is 33.5 Å². The maximum absolute atomic E-state index is 12.1. The van der Waals surface area contributed by atoms with E-state index in [1.165, 1.54) is 29.3 Å². The van der Waals surface area contributed by atoms with Crippen LogP contribution in [-0.4, -0.2) is 41.3 Å². The molecule has 9 heteroatoms. The highest BCUT2D eigenvalue weighted by Crippen LogP contribution is 2.32. The van der Waals surface area contributed by atoms with Gasteiger partial charge in [-0.25, -0.2) is 9.59 Å². The van der Waals surface area contributed by atoms with E-state index in [2.05, 4.69) is 10.4 Å². The second-order valence-corrected chi connectivity index (χ2v) is 6.60. The Labute approximate surface area is 148 Å². The van der Waals surface area contributed by atoms with E-state index < -0.39 is 24.5 Å². The predicted molar refractivity (Wildman–Crippen MR) is 92.0 cm³/mol. The van der Waals surface area contributed by atoms with Gasteiger partial charge in [-0.1, -0.05) is 0 Å². The van der Waals surface area contributed by atoms with Gasteiger partial charge in [-0.15, -0.1) is 11.3 Å². The number of hydrogen-bond donors (Lipinski definition) is 1. The molecule has 0 fully saturated rings. The highest BCUT2D eigenvalue weighted by Gasteiger charge is 2.22. The number of esters is 2. The van der Waals surface area contributed by atoms with Gasteiger partial charge in [0.15, 0.2) is 6.61 Å². The van der Waals surface area contributed by atoms with Crippen LogP contribution < -0.4 is 5.32 Å². The summed E-state index contributed by atoms with van der Waals surface area (Å²) in [5, 5.41) is 6.92. The van der Waals surface area contributed by atoms with Crippen LogP contribution in [0.2, 0.25) is 0 Å². The number of ether oxygens (including phenoxy) is 2. The summed E-state index contributed by atoms with van der Waals surface area (Å²) in [7, 11) is 2.98. The number of aryl methyl sites for hydroxylation is 2. The topological polar surface area (TPSA) is 99.5 Å². The van der Waals surface area contributed by atoms with Crippen molar-refractivity contribution < 1.29 is 23.9 Å². The van der Waals surface area contributed by atoms with E-state index in [0.29, 0.717) is 21.8 Å². The number of carbonyl (C=O) groups is 3. The first-order valence-electron chi connectivity index (χ1n) is 7.40. The molecule has 2 aromatic heterocycles. The van der Waals surface area contributed by atoms with Gasteiger partial charge >= 0.3 is 11.9 Å². The Morgan fingerprint density at radius 1 is 1.24 bits per heavy atom. The van der Waals surface area contributed by atoms with Crippen molar-refractivity contribution in [3.63, 3.8) is 0 Å². The van der Waals surface area contributed by atoms with Crippen molar-refractivity contribution in [2.45, 2.75) is 20.8 Å². The average molecular weight is 365 g/mol. The number of nitrogens with zero attached hydrogens (tertiary/aromatic N) is 2. The van der Waals surface area contributed by atoms with E-state index in [1.54, 1.807) is 20.9 Å². The van der Waals surface area contributed by atoms with Crippen molar-refractivity contribution in [2.75, 3.05) is 19.0 Å². The second kappa shape index (κ2) is 7.47. The summed E-state index contributed by atoms with van der Waals surface area (Å²) in [5.41, 5.74) is 2.00. The number of aromatic nitrogens is 2. The molecule has 0 atom stereocenters. The number of methoxy groups -OCH3 is 1. The van der Waals surface area contributed by atoms with E-state index >= 15 is 0 Å². The summed E-state index contributed by atoms with van der Waals surface area (Å²) in [6.45, 7) is 4.87. The van der Waals surface area contributed by atoms with Gasteiger partial charge in [0.2, 0.25) is 0 Å². The molecule has 0 spiro atoms. The summed E-state index contributed by atoms with van der Waals surface area (Å²) in [6.07, 6.45) is 1.39. The van der Waals surface area contributed by atoms with Gasteiger partial charge < -0.3 is 14.8 Å². The molecule has 1 amide bonds. The molecule has 134 valence electrons. The standard InChI is InChI=1S/C16H19N3O5S/c1-8-10(3)25-14(13(8)16(22)23-5)18-12(20)7-24-15(21)11-6-17-19(4)9(11)2/h6H,7H2,1-5H3,(H,18,20). The lowest BCUT2D eigenvalue weighted by Crippen LogP contribution is -2.21. The summed E-state index contributed by atoms with van der Waals surface area (Å²) in [5.74, 6) is -1.70. The molecule has 0 saturated heterocycles. The minimum Gasteiger partial charge on any atom is -0.465 e. The Bertz CT molecular complexity index is 837. The molecular weight excluding hydrogens is 346 g/mol. The highest BCUT2D eigenvalue weighted by atomic mass is 32.1. The molecule has 0 aliphatic carbocycles. The Morgan fingerprint density at radius 3 is 2.48 bits per heavy atom. The van der Waals surface area contributed by atoms with Crippen molar-refractivity contribution in [1.29, 1.82) is 0 Å². The van der Waals surface area contributed by atoms with E-state index in [9.17, 15) is 14.4 Å². The lowest BCUT2D eigenvalue weighted by molar-refractivity contribution is -0.119. The van der Waals surface area contributed by atoms with Crippen LogP contribution in [0.5, 0.6) is 0 Å². The first-order chi connectivity index (χ1) is 11.8. The molecule has 0 radical (unpaired) electrons. The van der Waals surface area contributed by atoms with Crippen LogP contribution in [0.4, 0.5) is 5.00 Å². The van der Waals surface area contributed by atoms with E-state index in [-0.39, 0.29) is 0 Å². The molecule has 8 nitrogen and oxygen atoms in total. The zero-order valence-electron chi connectivity index (χ0n) is 14.6. The van der Waals surface area contributed by atoms with E-state index in [4.69, 9.17) is 9.47 Å². The lowest BCUT2D eigenvalue weighted by Gasteiger charge is -2.07. The van der Waals surface area contributed by atoms with Gasteiger partial charge in [-0.05, 0) is 26.3 Å². The number of anilines is 1. The van der Waals surface area contributed by atoms with Crippen molar-refractivity contribution in [1.82, 2.24) is 9.78 Å². The van der Waals surface area contributed by atoms with Crippen molar-refractivity contribution >= 4 is 34.2 Å². The summed E-state index contributed by atoms with van der Waals surface area (Å²) in [4.78, 5) is 36.8. The lowest BCUT2D eigenvalue weighted by atomic mass is 10.1. The Morgan fingerprint density at radius 2 is 1.92 bits per heavy atom. The molecule has 0 saturated carbocycles. The molecule has 2 rings (SSSR count). The van der Waals surface area contributed by atoms with Crippen molar-refractivity contribution in [2.24, 2.45) is 7.05 Å². The molecule has 0 aliphatic rings. The zero-order chi connectivity index (χ0) is 18.7. The third kappa shape index (κ3) is 3.87. The third-order valence-corrected chi connectivity index (χ3v) is 4.94. The fourth-order valence-corrected chi connectivity index (χ4v) is 3.20. The summed E-state index contributed by atoms with van der Waals surface area (Å²) in [6, 6.07) is 0. The molecule has 0 aliphatic heterocycles. The minimum absolute atomic E-state index is 0.299. The molecule has 2 aromatic rings. The fourth-order valence-electron chi connectivity index (χ4n) is 2.13. The maximum atomic E-state index is 12.1. The molecule has 2 heterocycles. The number of nitrogens with one attached hydrogen (secondary N) is 1. The SMILES string of the molecule is COC(=O)c1c(NC(=O)COC(=O)c2cnn(C)c2C)sc(C)c1C. The Hall–Kier alpha value is -2.68. The summed E-state index contributed by atoms with van der Waals surface area (Å²) >= 11 is 1.26. The third-order valence-electron chi connectivity index (χ3n) is 3.82. The van der Waals surface area contributed by atoms with Crippen LogP contribution in [0.25, 0.3) is 0 Å². The van der Waals surface area contributed by atoms with Gasteiger partial charge in [0.25, 0.3) is 5.91 Å². The molecular formula is C16H19N3O5S. The number of amides is 1. The van der Waals surface area contributed by atoms with E-state index in [0.717, 1.165) is 10.4 Å². The first kappa shape index (κ1) is 18.7. The van der Waals surface area contributed by atoms with Gasteiger partial charge in [-0.2, -0.15) is 5.10 Å². The molecule has 0 bridgehead atoms. The zero-order valence-corrected chi connectivity index (χ0v) is 15.4. The number of thiophene rings is 1. The molecule has 1 N–H and O–H groups in total. The average Bonchev–Trinajstić information content (AvgIpc) is 3.04. The first-order valence-corrected chi connectivity index (χ1v) is 8.21. The van der Waals surface area contributed by atoms with Crippen LogP contribution in [0.15, 0.2) is 6.20 Å². The maximum Gasteiger partial charge on any atom is 0.342 e. The number of carbonyl (C=O) groups excluding carboxylic acids is 3. The summed E-state index contributed by atoms with van der Waals surface area (Å²) < 4.78 is 11.3. The molecule has 0 unspecified atom stereocenters. The monoisotopic (exact) mass is 365 g/mol. The van der Waals surface area contributed by atoms with Gasteiger partial charge in [0.05, 0.1) is 18.9 Å². The quantitative estimate of drug-likeness (QED) is 0.814. The fraction of sp³-hybridized carbons (Fsp3) is 0.375. The largest absolute Gasteiger partial charge is 0.465 e. The van der Waals surface area contributed by atoms with Gasteiger partial charge in [-0.3, -0.25) is 9.48 Å². The number of hydrogen-bond acceptors (Lipinski definition) is 7. The van der Waals surface area contributed by atoms with Crippen LogP contribution >= 0.6 is 11.3 Å². The van der Waals surface area contributed by atoms with E-state index in [1.807, 2.05) is 6.92 Å². The van der Waals surface area contributed by atoms with Gasteiger partial charge in [0, 0.05) is 17.6 Å². The minimum atomic E-state index is -0.632. The smallest absolute Gasteiger partial charge is 0.342 e. The normalized spacial score (nSPS) is 10.4. The molecule has 25 heavy (non-hydrogen) atoms. The Kier molecular flexibility index (Phi) is 5.58. The van der Waals surface area contributed by atoms with Crippen LogP contribution in [0, 0.1) is 20.8 Å². The predicted octanol–water partition coefficient (Wildman–Crippen LogP) is 1.99. The molecule has 0 aromatic carbocycles. The van der Waals surface area contributed by atoms with Crippen LogP contribution in [0.3, 0.4) is 0 Å². The van der Waals surface area contributed by atoms with Crippen LogP contribution in [-0.2, 0) is 21.3 Å². The second-order valence-electron chi connectivity index (χ2n) is 5.37. The van der Waals surface area contributed by atoms with Gasteiger partial charge in [0.1, 0.15) is 10.6 Å².